The van der Waals surface area contributed by atoms with Gasteiger partial charge in [0.15, 0.2) is 0 Å². The molecule has 0 aliphatic carbocycles. The monoisotopic (exact) mass is 340 g/mol. The van der Waals surface area contributed by atoms with E-state index in [2.05, 4.69) is 42.8 Å². The van der Waals surface area contributed by atoms with Crippen LogP contribution in [0.15, 0.2) is 0 Å². The number of hydrogen-bond donors (Lipinski definition) is 2. The summed E-state index contributed by atoms with van der Waals surface area (Å²) in [6.45, 7) is 15.4. The minimum Gasteiger partial charge on any atom is -0.374 e. The van der Waals surface area contributed by atoms with Gasteiger partial charge in [-0.25, -0.2) is 0 Å². The summed E-state index contributed by atoms with van der Waals surface area (Å²) in [5.74, 6) is 0.748. The van der Waals surface area contributed by atoms with Gasteiger partial charge in [0.1, 0.15) is 0 Å². The zero-order chi connectivity index (χ0) is 17.7. The Bertz CT molecular complexity index is 414. The van der Waals surface area contributed by atoms with E-state index >= 15 is 0 Å². The number of carbonyl (C=O) groups excluding carboxylic acids is 1. The topological polar surface area (TPSA) is 70.8 Å². The molecule has 140 valence electrons. The Hall–Kier alpha value is -0.690. The van der Waals surface area contributed by atoms with E-state index in [1.54, 1.807) is 0 Å². The molecule has 0 aromatic carbocycles. The molecular formula is C18H36N4O2. The van der Waals surface area contributed by atoms with Gasteiger partial charge >= 0.3 is 0 Å². The Morgan fingerprint density at radius 3 is 2.75 bits per heavy atom. The van der Waals surface area contributed by atoms with Crippen LogP contribution in [0.2, 0.25) is 0 Å². The molecule has 0 spiro atoms. The Balaban J connectivity index is 1.69. The first-order valence-corrected chi connectivity index (χ1v) is 9.35. The third-order valence-corrected chi connectivity index (χ3v) is 5.13. The lowest BCUT2D eigenvalue weighted by Crippen LogP contribution is -2.55. The van der Waals surface area contributed by atoms with Gasteiger partial charge in [0.05, 0.1) is 19.3 Å². The van der Waals surface area contributed by atoms with Crippen molar-refractivity contribution in [2.45, 2.75) is 46.3 Å². The molecule has 0 radical (unpaired) electrons. The molecule has 2 atom stereocenters. The van der Waals surface area contributed by atoms with Gasteiger partial charge in [0, 0.05) is 45.3 Å². The summed E-state index contributed by atoms with van der Waals surface area (Å²) in [7, 11) is 0. The van der Waals surface area contributed by atoms with Crippen LogP contribution in [0.3, 0.4) is 0 Å². The summed E-state index contributed by atoms with van der Waals surface area (Å²) in [6.07, 6.45) is 1.06. The van der Waals surface area contributed by atoms with Crippen molar-refractivity contribution in [2.24, 2.45) is 17.1 Å². The van der Waals surface area contributed by atoms with Gasteiger partial charge in [-0.15, -0.1) is 0 Å². The van der Waals surface area contributed by atoms with E-state index in [1.807, 2.05) is 0 Å². The maximum atomic E-state index is 12.3. The van der Waals surface area contributed by atoms with E-state index in [1.165, 1.54) is 0 Å². The number of likely N-dealkylation sites (tertiary alicyclic amines) is 1. The van der Waals surface area contributed by atoms with Gasteiger partial charge in [0.2, 0.25) is 5.91 Å². The summed E-state index contributed by atoms with van der Waals surface area (Å²) in [4.78, 5) is 16.9. The number of nitrogens with one attached hydrogen (secondary N) is 1. The van der Waals surface area contributed by atoms with Crippen LogP contribution < -0.4 is 11.1 Å². The van der Waals surface area contributed by atoms with Crippen molar-refractivity contribution in [2.75, 3.05) is 52.4 Å². The quantitative estimate of drug-likeness (QED) is 0.738. The lowest BCUT2D eigenvalue weighted by Gasteiger charge is -2.42. The van der Waals surface area contributed by atoms with Crippen molar-refractivity contribution in [1.29, 1.82) is 0 Å². The standard InChI is InChI=1S/C18H36N4O2/c1-14(2)10-21-7-8-24-15(11-21)9-20-17(23)12-22-6-5-16(19)18(3,4)13-22/h14-16H,5-13,19H2,1-4H3,(H,20,23). The Morgan fingerprint density at radius 2 is 2.08 bits per heavy atom. The molecule has 6 nitrogen and oxygen atoms in total. The number of piperidine rings is 1. The van der Waals surface area contributed by atoms with Crippen LogP contribution in [0.5, 0.6) is 0 Å². The average molecular weight is 341 g/mol. The molecule has 2 saturated heterocycles. The number of hydrogen-bond acceptors (Lipinski definition) is 5. The molecule has 3 N–H and O–H groups in total. The van der Waals surface area contributed by atoms with Gasteiger partial charge in [0.25, 0.3) is 0 Å². The second kappa shape index (κ2) is 8.61. The number of carbonyl (C=O) groups is 1. The van der Waals surface area contributed by atoms with E-state index in [-0.39, 0.29) is 23.5 Å². The fourth-order valence-electron chi connectivity index (χ4n) is 3.69. The highest BCUT2D eigenvalue weighted by Gasteiger charge is 2.34. The van der Waals surface area contributed by atoms with Crippen LogP contribution in [0.4, 0.5) is 0 Å². The maximum Gasteiger partial charge on any atom is 0.234 e. The van der Waals surface area contributed by atoms with Gasteiger partial charge in [-0.2, -0.15) is 0 Å². The fourth-order valence-corrected chi connectivity index (χ4v) is 3.69. The van der Waals surface area contributed by atoms with Crippen molar-refractivity contribution in [3.8, 4) is 0 Å². The van der Waals surface area contributed by atoms with E-state index in [0.717, 1.165) is 45.8 Å². The molecule has 0 saturated carbocycles. The van der Waals surface area contributed by atoms with Crippen LogP contribution >= 0.6 is 0 Å². The lowest BCUT2D eigenvalue weighted by molar-refractivity contribution is -0.124. The molecule has 0 aromatic rings. The van der Waals surface area contributed by atoms with Crippen molar-refractivity contribution < 1.29 is 9.53 Å². The fraction of sp³-hybridized carbons (Fsp3) is 0.944. The lowest BCUT2D eigenvalue weighted by atomic mass is 9.80. The smallest absolute Gasteiger partial charge is 0.234 e. The number of morpholine rings is 1. The SMILES string of the molecule is CC(C)CN1CCOC(CNC(=O)CN2CCC(N)C(C)(C)C2)C1. The van der Waals surface area contributed by atoms with Gasteiger partial charge in [-0.1, -0.05) is 27.7 Å². The van der Waals surface area contributed by atoms with Gasteiger partial charge in [-0.3, -0.25) is 14.6 Å². The molecule has 2 rings (SSSR count). The molecule has 1 amide bonds. The van der Waals surface area contributed by atoms with Crippen molar-refractivity contribution in [3.63, 3.8) is 0 Å². The second-order valence-corrected chi connectivity index (χ2v) is 8.54. The molecule has 6 heteroatoms. The van der Waals surface area contributed by atoms with E-state index < -0.39 is 0 Å². The summed E-state index contributed by atoms with van der Waals surface area (Å²) in [5.41, 5.74) is 6.23. The summed E-state index contributed by atoms with van der Waals surface area (Å²) in [6, 6.07) is 0.222. The minimum atomic E-state index is 0.0718. The Kier molecular flexibility index (Phi) is 7.04. The molecule has 0 aromatic heterocycles. The van der Waals surface area contributed by atoms with Gasteiger partial charge in [-0.05, 0) is 17.8 Å². The molecular weight excluding hydrogens is 304 g/mol. The highest BCUT2D eigenvalue weighted by atomic mass is 16.5. The number of nitrogens with zero attached hydrogens (tertiary/aromatic N) is 2. The third kappa shape index (κ3) is 5.99. The Morgan fingerprint density at radius 1 is 1.33 bits per heavy atom. The molecule has 0 bridgehead atoms. The van der Waals surface area contributed by atoms with Crippen molar-refractivity contribution in [3.05, 3.63) is 0 Å². The van der Waals surface area contributed by atoms with Crippen LogP contribution in [-0.4, -0.2) is 80.3 Å². The first-order valence-electron chi connectivity index (χ1n) is 9.35. The highest BCUT2D eigenvalue weighted by molar-refractivity contribution is 5.78. The molecule has 2 aliphatic heterocycles. The molecule has 2 fully saturated rings. The summed E-state index contributed by atoms with van der Waals surface area (Å²) in [5, 5.41) is 3.05. The van der Waals surface area contributed by atoms with E-state index in [0.29, 0.717) is 19.0 Å². The zero-order valence-corrected chi connectivity index (χ0v) is 15.9. The number of amides is 1. The molecule has 2 unspecified atom stereocenters. The van der Waals surface area contributed by atoms with E-state index in [9.17, 15) is 4.79 Å². The third-order valence-electron chi connectivity index (χ3n) is 5.13. The van der Waals surface area contributed by atoms with Crippen molar-refractivity contribution in [1.82, 2.24) is 15.1 Å². The highest BCUT2D eigenvalue weighted by Crippen LogP contribution is 2.27. The number of rotatable bonds is 6. The number of ether oxygens (including phenoxy) is 1. The van der Waals surface area contributed by atoms with Gasteiger partial charge < -0.3 is 15.8 Å². The van der Waals surface area contributed by atoms with Crippen LogP contribution in [0.25, 0.3) is 0 Å². The average Bonchev–Trinajstić information content (AvgIpc) is 2.48. The van der Waals surface area contributed by atoms with Crippen LogP contribution in [0, 0.1) is 11.3 Å². The van der Waals surface area contributed by atoms with Crippen molar-refractivity contribution >= 4 is 5.91 Å². The second-order valence-electron chi connectivity index (χ2n) is 8.54. The van der Waals surface area contributed by atoms with Crippen LogP contribution in [-0.2, 0) is 9.53 Å². The predicted octanol–water partition coefficient (Wildman–Crippen LogP) is 0.519. The molecule has 2 aliphatic rings. The minimum absolute atomic E-state index is 0.0718. The normalized spacial score (nSPS) is 28.9. The maximum absolute atomic E-state index is 12.3. The molecule has 2 heterocycles. The summed E-state index contributed by atoms with van der Waals surface area (Å²) < 4.78 is 5.79. The zero-order valence-electron chi connectivity index (χ0n) is 15.9. The number of nitrogens with two attached hydrogens (primary N) is 1. The predicted molar refractivity (Wildman–Crippen MR) is 96.8 cm³/mol. The molecule has 24 heavy (non-hydrogen) atoms. The first-order chi connectivity index (χ1) is 11.3. The summed E-state index contributed by atoms with van der Waals surface area (Å²) >= 11 is 0. The van der Waals surface area contributed by atoms with E-state index in [4.69, 9.17) is 10.5 Å². The first kappa shape index (κ1) is 19.6. The van der Waals surface area contributed by atoms with Crippen LogP contribution in [0.1, 0.15) is 34.1 Å². The largest absolute Gasteiger partial charge is 0.374 e. The Labute approximate surface area is 147 Å².